The Labute approximate surface area is 168 Å². The van der Waals surface area contributed by atoms with Gasteiger partial charge in [0.2, 0.25) is 5.91 Å². The molecule has 0 atom stereocenters. The SMILES string of the molecule is COc1ccc(NC(=O)Cn2cc(-c3ccc(OC)c(OC)c3)nn2)cc1OC. The van der Waals surface area contributed by atoms with Crippen molar-refractivity contribution >= 4 is 11.6 Å². The standard InChI is InChI=1S/C20H22N4O5/c1-26-16-7-5-13(9-18(16)28-3)15-11-24(23-22-15)12-20(25)21-14-6-8-17(27-2)19(10-14)29-4/h5-11H,12H2,1-4H3,(H,21,25). The van der Waals surface area contributed by atoms with Crippen LogP contribution in [-0.2, 0) is 11.3 Å². The first-order chi connectivity index (χ1) is 14.1. The van der Waals surface area contributed by atoms with Gasteiger partial charge in [-0.2, -0.15) is 0 Å². The zero-order valence-electron chi connectivity index (χ0n) is 16.6. The van der Waals surface area contributed by atoms with Crippen LogP contribution >= 0.6 is 0 Å². The number of methoxy groups -OCH3 is 4. The molecule has 9 nitrogen and oxygen atoms in total. The van der Waals surface area contributed by atoms with Gasteiger partial charge in [0.05, 0.1) is 34.6 Å². The van der Waals surface area contributed by atoms with Crippen LogP contribution in [0.1, 0.15) is 0 Å². The Kier molecular flexibility index (Phi) is 6.18. The van der Waals surface area contributed by atoms with E-state index < -0.39 is 0 Å². The molecule has 0 spiro atoms. The molecule has 1 N–H and O–H groups in total. The van der Waals surface area contributed by atoms with E-state index in [0.29, 0.717) is 34.4 Å². The minimum atomic E-state index is -0.249. The van der Waals surface area contributed by atoms with Crippen molar-refractivity contribution in [3.8, 4) is 34.3 Å². The molecule has 9 heteroatoms. The van der Waals surface area contributed by atoms with Crippen LogP contribution in [0.3, 0.4) is 0 Å². The third kappa shape index (κ3) is 4.57. The van der Waals surface area contributed by atoms with Gasteiger partial charge in [-0.25, -0.2) is 4.68 Å². The molecule has 0 unspecified atom stereocenters. The van der Waals surface area contributed by atoms with E-state index in [1.165, 1.54) is 11.8 Å². The van der Waals surface area contributed by atoms with Gasteiger partial charge in [-0.3, -0.25) is 4.79 Å². The number of nitrogens with one attached hydrogen (secondary N) is 1. The molecule has 29 heavy (non-hydrogen) atoms. The van der Waals surface area contributed by atoms with E-state index >= 15 is 0 Å². The highest BCUT2D eigenvalue weighted by Gasteiger charge is 2.12. The summed E-state index contributed by atoms with van der Waals surface area (Å²) < 4.78 is 22.4. The zero-order valence-corrected chi connectivity index (χ0v) is 16.6. The fourth-order valence-electron chi connectivity index (χ4n) is 2.77. The van der Waals surface area contributed by atoms with Crippen molar-refractivity contribution < 1.29 is 23.7 Å². The lowest BCUT2D eigenvalue weighted by Crippen LogP contribution is -2.19. The zero-order chi connectivity index (χ0) is 20.8. The van der Waals surface area contributed by atoms with Crippen LogP contribution < -0.4 is 24.3 Å². The lowest BCUT2D eigenvalue weighted by atomic mass is 10.1. The molecule has 0 aliphatic heterocycles. The van der Waals surface area contributed by atoms with Gasteiger partial charge in [-0.1, -0.05) is 5.21 Å². The lowest BCUT2D eigenvalue weighted by molar-refractivity contribution is -0.116. The molecule has 3 rings (SSSR count). The quantitative estimate of drug-likeness (QED) is 0.623. The summed E-state index contributed by atoms with van der Waals surface area (Å²) in [5.41, 5.74) is 2.01. The van der Waals surface area contributed by atoms with Crippen LogP contribution in [0.25, 0.3) is 11.3 Å². The number of carbonyl (C=O) groups is 1. The van der Waals surface area contributed by atoms with Crippen molar-refractivity contribution in [3.05, 3.63) is 42.6 Å². The van der Waals surface area contributed by atoms with Crippen molar-refractivity contribution in [2.75, 3.05) is 33.8 Å². The average Bonchev–Trinajstić information content (AvgIpc) is 3.21. The van der Waals surface area contributed by atoms with Gasteiger partial charge in [0, 0.05) is 17.3 Å². The summed E-state index contributed by atoms with van der Waals surface area (Å²) in [6.45, 7) is 0.00857. The smallest absolute Gasteiger partial charge is 0.246 e. The predicted octanol–water partition coefficient (Wildman–Crippen LogP) is 2.62. The van der Waals surface area contributed by atoms with Gasteiger partial charge in [0.15, 0.2) is 23.0 Å². The molecule has 0 saturated heterocycles. The maximum Gasteiger partial charge on any atom is 0.246 e. The highest BCUT2D eigenvalue weighted by Crippen LogP contribution is 2.31. The Balaban J connectivity index is 1.69. The van der Waals surface area contributed by atoms with Crippen molar-refractivity contribution in [2.45, 2.75) is 6.54 Å². The van der Waals surface area contributed by atoms with Gasteiger partial charge in [0.1, 0.15) is 12.2 Å². The maximum atomic E-state index is 12.4. The Hall–Kier alpha value is -3.75. The second-order valence-electron chi connectivity index (χ2n) is 5.99. The molecule has 0 bridgehead atoms. The van der Waals surface area contributed by atoms with Crippen molar-refractivity contribution in [1.82, 2.24) is 15.0 Å². The number of benzene rings is 2. The van der Waals surface area contributed by atoms with Gasteiger partial charge >= 0.3 is 0 Å². The summed E-state index contributed by atoms with van der Waals surface area (Å²) >= 11 is 0. The molecule has 2 aromatic carbocycles. The molecular formula is C20H22N4O5. The third-order valence-corrected chi connectivity index (χ3v) is 4.19. The number of anilines is 1. The summed E-state index contributed by atoms with van der Waals surface area (Å²) in [6.07, 6.45) is 1.69. The molecule has 152 valence electrons. The molecule has 0 fully saturated rings. The number of amides is 1. The van der Waals surface area contributed by atoms with E-state index in [2.05, 4.69) is 15.6 Å². The highest BCUT2D eigenvalue weighted by atomic mass is 16.5. The summed E-state index contributed by atoms with van der Waals surface area (Å²) in [5.74, 6) is 2.08. The minimum absolute atomic E-state index is 0.00857. The molecule has 0 aliphatic rings. The Bertz CT molecular complexity index is 1000. The highest BCUT2D eigenvalue weighted by molar-refractivity contribution is 5.90. The van der Waals surface area contributed by atoms with Gasteiger partial charge in [0.25, 0.3) is 0 Å². The predicted molar refractivity (Wildman–Crippen MR) is 107 cm³/mol. The van der Waals surface area contributed by atoms with Gasteiger partial charge < -0.3 is 24.3 Å². The number of aromatic nitrogens is 3. The number of hydrogen-bond acceptors (Lipinski definition) is 7. The monoisotopic (exact) mass is 398 g/mol. The number of hydrogen-bond donors (Lipinski definition) is 1. The first kappa shape index (κ1) is 20.0. The normalized spacial score (nSPS) is 10.3. The van der Waals surface area contributed by atoms with Crippen LogP contribution in [0.5, 0.6) is 23.0 Å². The van der Waals surface area contributed by atoms with E-state index in [1.54, 1.807) is 57.9 Å². The van der Waals surface area contributed by atoms with E-state index in [0.717, 1.165) is 5.56 Å². The van der Waals surface area contributed by atoms with E-state index in [4.69, 9.17) is 18.9 Å². The van der Waals surface area contributed by atoms with E-state index in [-0.39, 0.29) is 12.5 Å². The Morgan fingerprint density at radius 3 is 2.17 bits per heavy atom. The van der Waals surface area contributed by atoms with Crippen LogP contribution in [0.2, 0.25) is 0 Å². The number of carbonyl (C=O) groups excluding carboxylic acids is 1. The topological polar surface area (TPSA) is 96.7 Å². The lowest BCUT2D eigenvalue weighted by Gasteiger charge is -2.10. The average molecular weight is 398 g/mol. The molecule has 1 aromatic heterocycles. The summed E-state index contributed by atoms with van der Waals surface area (Å²) in [6, 6.07) is 10.6. The number of nitrogens with zero attached hydrogens (tertiary/aromatic N) is 3. The number of ether oxygens (including phenoxy) is 4. The van der Waals surface area contributed by atoms with Crippen LogP contribution in [-0.4, -0.2) is 49.3 Å². The second kappa shape index (κ2) is 8.96. The van der Waals surface area contributed by atoms with E-state index in [9.17, 15) is 4.79 Å². The van der Waals surface area contributed by atoms with Crippen LogP contribution in [0.4, 0.5) is 5.69 Å². The fourth-order valence-corrected chi connectivity index (χ4v) is 2.77. The molecule has 0 aliphatic carbocycles. The number of rotatable bonds is 8. The van der Waals surface area contributed by atoms with Crippen molar-refractivity contribution in [3.63, 3.8) is 0 Å². The van der Waals surface area contributed by atoms with Crippen molar-refractivity contribution in [1.29, 1.82) is 0 Å². The Morgan fingerprint density at radius 2 is 1.52 bits per heavy atom. The molecule has 3 aromatic rings. The van der Waals surface area contributed by atoms with E-state index in [1.807, 2.05) is 6.07 Å². The van der Waals surface area contributed by atoms with Crippen LogP contribution in [0, 0.1) is 0 Å². The first-order valence-electron chi connectivity index (χ1n) is 8.72. The van der Waals surface area contributed by atoms with Gasteiger partial charge in [-0.15, -0.1) is 5.10 Å². The second-order valence-corrected chi connectivity index (χ2v) is 5.99. The van der Waals surface area contributed by atoms with Crippen molar-refractivity contribution in [2.24, 2.45) is 0 Å². The molecule has 0 saturated carbocycles. The summed E-state index contributed by atoms with van der Waals surface area (Å²) in [7, 11) is 6.23. The molecule has 1 heterocycles. The Morgan fingerprint density at radius 1 is 0.897 bits per heavy atom. The fraction of sp³-hybridized carbons (Fsp3) is 0.250. The maximum absolute atomic E-state index is 12.4. The summed E-state index contributed by atoms with van der Waals surface area (Å²) in [5, 5.41) is 10.9. The van der Waals surface area contributed by atoms with Crippen LogP contribution in [0.15, 0.2) is 42.6 Å². The molecule has 0 radical (unpaired) electrons. The first-order valence-corrected chi connectivity index (χ1v) is 8.72. The summed E-state index contributed by atoms with van der Waals surface area (Å²) in [4.78, 5) is 12.4. The largest absolute Gasteiger partial charge is 0.493 e. The third-order valence-electron chi connectivity index (χ3n) is 4.19. The van der Waals surface area contributed by atoms with Gasteiger partial charge in [-0.05, 0) is 30.3 Å². The molecule has 1 amide bonds. The molecular weight excluding hydrogens is 376 g/mol. The minimum Gasteiger partial charge on any atom is -0.493 e.